The SMILES string of the molecule is CC1(C(N)c2ccc(Cl)cc2)OCCO1. The van der Waals surface area contributed by atoms with Gasteiger partial charge in [0.1, 0.15) is 0 Å². The first kappa shape index (κ1) is 10.9. The van der Waals surface area contributed by atoms with Crippen LogP contribution in [0.2, 0.25) is 5.02 Å². The van der Waals surface area contributed by atoms with Crippen LogP contribution in [0, 0.1) is 0 Å². The summed E-state index contributed by atoms with van der Waals surface area (Å²) in [6.07, 6.45) is 0. The van der Waals surface area contributed by atoms with Gasteiger partial charge in [-0.1, -0.05) is 23.7 Å². The van der Waals surface area contributed by atoms with Gasteiger partial charge < -0.3 is 15.2 Å². The molecule has 0 aliphatic carbocycles. The minimum atomic E-state index is -0.714. The number of hydrogen-bond donors (Lipinski definition) is 1. The Bertz CT molecular complexity index is 333. The Morgan fingerprint density at radius 3 is 2.33 bits per heavy atom. The summed E-state index contributed by atoms with van der Waals surface area (Å²) in [7, 11) is 0. The summed E-state index contributed by atoms with van der Waals surface area (Å²) in [5, 5.41) is 0.698. The normalized spacial score (nSPS) is 21.5. The van der Waals surface area contributed by atoms with Crippen molar-refractivity contribution in [2.75, 3.05) is 13.2 Å². The van der Waals surface area contributed by atoms with Gasteiger partial charge in [0.2, 0.25) is 0 Å². The van der Waals surface area contributed by atoms with Crippen LogP contribution >= 0.6 is 11.6 Å². The minimum Gasteiger partial charge on any atom is -0.346 e. The monoisotopic (exact) mass is 227 g/mol. The third-order valence-electron chi connectivity index (χ3n) is 2.65. The first-order valence-electron chi connectivity index (χ1n) is 4.91. The average molecular weight is 228 g/mol. The van der Waals surface area contributed by atoms with Gasteiger partial charge in [0.25, 0.3) is 0 Å². The second-order valence-corrected chi connectivity index (χ2v) is 4.18. The summed E-state index contributed by atoms with van der Waals surface area (Å²) in [5.74, 6) is -0.714. The van der Waals surface area contributed by atoms with Crippen molar-refractivity contribution < 1.29 is 9.47 Å². The molecule has 0 spiro atoms. The molecule has 1 aliphatic heterocycles. The van der Waals surface area contributed by atoms with Crippen LogP contribution in [0.4, 0.5) is 0 Å². The molecule has 2 N–H and O–H groups in total. The number of halogens is 1. The Labute approximate surface area is 94.1 Å². The van der Waals surface area contributed by atoms with E-state index >= 15 is 0 Å². The molecule has 3 nitrogen and oxygen atoms in total. The second-order valence-electron chi connectivity index (χ2n) is 3.74. The number of rotatable bonds is 2. The van der Waals surface area contributed by atoms with Gasteiger partial charge in [0.05, 0.1) is 19.3 Å². The van der Waals surface area contributed by atoms with Crippen molar-refractivity contribution >= 4 is 11.6 Å². The van der Waals surface area contributed by atoms with E-state index in [1.54, 1.807) is 0 Å². The maximum absolute atomic E-state index is 6.09. The van der Waals surface area contributed by atoms with E-state index in [0.29, 0.717) is 18.2 Å². The molecule has 2 rings (SSSR count). The lowest BCUT2D eigenvalue weighted by atomic mass is 10.0. The van der Waals surface area contributed by atoms with Crippen molar-refractivity contribution in [3.05, 3.63) is 34.9 Å². The molecule has 1 aliphatic rings. The molecule has 4 heteroatoms. The molecule has 1 fully saturated rings. The largest absolute Gasteiger partial charge is 0.346 e. The van der Waals surface area contributed by atoms with Gasteiger partial charge in [-0.05, 0) is 24.6 Å². The summed E-state index contributed by atoms with van der Waals surface area (Å²) < 4.78 is 11.0. The molecular weight excluding hydrogens is 214 g/mol. The maximum atomic E-state index is 6.09. The van der Waals surface area contributed by atoms with Crippen molar-refractivity contribution in [3.63, 3.8) is 0 Å². The minimum absolute atomic E-state index is 0.294. The van der Waals surface area contributed by atoms with E-state index in [1.807, 2.05) is 31.2 Å². The lowest BCUT2D eigenvalue weighted by Gasteiger charge is -2.29. The van der Waals surface area contributed by atoms with Crippen molar-refractivity contribution in [1.82, 2.24) is 0 Å². The highest BCUT2D eigenvalue weighted by Crippen LogP contribution is 2.31. The molecule has 1 aromatic rings. The Kier molecular flexibility index (Phi) is 2.98. The molecular formula is C11H14ClNO2. The van der Waals surface area contributed by atoms with Gasteiger partial charge in [-0.25, -0.2) is 0 Å². The molecule has 1 atom stereocenters. The third kappa shape index (κ3) is 2.16. The van der Waals surface area contributed by atoms with Crippen LogP contribution < -0.4 is 5.73 Å². The van der Waals surface area contributed by atoms with Crippen LogP contribution in [-0.2, 0) is 9.47 Å². The Hall–Kier alpha value is -0.610. The lowest BCUT2D eigenvalue weighted by molar-refractivity contribution is -0.159. The van der Waals surface area contributed by atoms with Crippen molar-refractivity contribution in [1.29, 1.82) is 0 Å². The Morgan fingerprint density at radius 1 is 1.27 bits per heavy atom. The topological polar surface area (TPSA) is 44.5 Å². The number of ether oxygens (including phenoxy) is 2. The van der Waals surface area contributed by atoms with Gasteiger partial charge in [0, 0.05) is 5.02 Å². The maximum Gasteiger partial charge on any atom is 0.184 e. The third-order valence-corrected chi connectivity index (χ3v) is 2.91. The second kappa shape index (κ2) is 4.10. The zero-order chi connectivity index (χ0) is 10.9. The van der Waals surface area contributed by atoms with Crippen molar-refractivity contribution in [3.8, 4) is 0 Å². The van der Waals surface area contributed by atoms with Gasteiger partial charge in [-0.2, -0.15) is 0 Å². The van der Waals surface area contributed by atoms with E-state index in [0.717, 1.165) is 5.56 Å². The summed E-state index contributed by atoms with van der Waals surface area (Å²) in [6.45, 7) is 3.05. The molecule has 1 heterocycles. The summed E-state index contributed by atoms with van der Waals surface area (Å²) in [6, 6.07) is 7.12. The fourth-order valence-electron chi connectivity index (χ4n) is 1.68. The highest BCUT2D eigenvalue weighted by Gasteiger charge is 2.38. The van der Waals surface area contributed by atoms with E-state index < -0.39 is 5.79 Å². The summed E-state index contributed by atoms with van der Waals surface area (Å²) in [4.78, 5) is 0. The smallest absolute Gasteiger partial charge is 0.184 e. The molecule has 0 bridgehead atoms. The number of nitrogens with two attached hydrogens (primary N) is 1. The van der Waals surface area contributed by atoms with Crippen LogP contribution in [0.3, 0.4) is 0 Å². The van der Waals surface area contributed by atoms with E-state index in [9.17, 15) is 0 Å². The molecule has 1 aromatic carbocycles. The van der Waals surface area contributed by atoms with Gasteiger partial charge >= 0.3 is 0 Å². The number of hydrogen-bond acceptors (Lipinski definition) is 3. The summed E-state index contributed by atoms with van der Waals surface area (Å²) in [5.41, 5.74) is 7.05. The quantitative estimate of drug-likeness (QED) is 0.842. The first-order valence-corrected chi connectivity index (χ1v) is 5.28. The molecule has 0 amide bonds. The molecule has 0 radical (unpaired) electrons. The Balaban J connectivity index is 2.19. The molecule has 1 unspecified atom stereocenters. The standard InChI is InChI=1S/C11H14ClNO2/c1-11(14-6-7-15-11)10(13)8-2-4-9(12)5-3-8/h2-5,10H,6-7,13H2,1H3. The van der Waals surface area contributed by atoms with Gasteiger partial charge in [-0.15, -0.1) is 0 Å². The Morgan fingerprint density at radius 2 is 1.80 bits per heavy atom. The van der Waals surface area contributed by atoms with Gasteiger partial charge in [-0.3, -0.25) is 0 Å². The predicted octanol–water partition coefficient (Wildman–Crippen LogP) is 2.10. The summed E-state index contributed by atoms with van der Waals surface area (Å²) >= 11 is 5.81. The van der Waals surface area contributed by atoms with Crippen LogP contribution in [-0.4, -0.2) is 19.0 Å². The highest BCUT2D eigenvalue weighted by atomic mass is 35.5. The van der Waals surface area contributed by atoms with E-state index in [-0.39, 0.29) is 6.04 Å². The van der Waals surface area contributed by atoms with Crippen LogP contribution in [0.1, 0.15) is 18.5 Å². The molecule has 0 aromatic heterocycles. The first-order chi connectivity index (χ1) is 7.12. The van der Waals surface area contributed by atoms with Crippen molar-refractivity contribution in [2.24, 2.45) is 5.73 Å². The van der Waals surface area contributed by atoms with E-state index in [1.165, 1.54) is 0 Å². The molecule has 82 valence electrons. The lowest BCUT2D eigenvalue weighted by Crippen LogP contribution is -2.39. The molecule has 15 heavy (non-hydrogen) atoms. The fourth-order valence-corrected chi connectivity index (χ4v) is 1.81. The van der Waals surface area contributed by atoms with E-state index in [2.05, 4.69) is 0 Å². The zero-order valence-corrected chi connectivity index (χ0v) is 9.33. The van der Waals surface area contributed by atoms with Crippen LogP contribution in [0.15, 0.2) is 24.3 Å². The van der Waals surface area contributed by atoms with Gasteiger partial charge in [0.15, 0.2) is 5.79 Å². The average Bonchev–Trinajstić information content (AvgIpc) is 2.67. The van der Waals surface area contributed by atoms with Crippen molar-refractivity contribution in [2.45, 2.75) is 18.8 Å². The van der Waals surface area contributed by atoms with Crippen LogP contribution in [0.25, 0.3) is 0 Å². The van der Waals surface area contributed by atoms with Crippen LogP contribution in [0.5, 0.6) is 0 Å². The molecule has 0 saturated carbocycles. The molecule has 1 saturated heterocycles. The number of benzene rings is 1. The fraction of sp³-hybridized carbons (Fsp3) is 0.455. The van der Waals surface area contributed by atoms with E-state index in [4.69, 9.17) is 26.8 Å². The highest BCUT2D eigenvalue weighted by molar-refractivity contribution is 6.30. The predicted molar refractivity (Wildman–Crippen MR) is 58.7 cm³/mol. The zero-order valence-electron chi connectivity index (χ0n) is 8.57.